The number of halogens is 5. The second kappa shape index (κ2) is 6.48. The van der Waals surface area contributed by atoms with Crippen molar-refractivity contribution in [2.24, 2.45) is 0 Å². The fraction of sp³-hybridized carbons (Fsp3) is 0.176. The topological polar surface area (TPSA) is 46.4 Å². The van der Waals surface area contributed by atoms with Crippen LogP contribution in [0.1, 0.15) is 27.3 Å². The normalized spacial score (nSPS) is 11.8. The lowest BCUT2D eigenvalue weighted by atomic mass is 10.2. The van der Waals surface area contributed by atoms with Crippen molar-refractivity contribution in [3.05, 3.63) is 63.0 Å². The molecule has 136 valence electrons. The van der Waals surface area contributed by atoms with Crippen molar-refractivity contribution in [3.63, 3.8) is 0 Å². The molecule has 3 rings (SSSR count). The number of aryl methyl sites for hydroxylation is 2. The minimum atomic E-state index is -4.60. The Bertz CT molecular complexity index is 1030. The first-order chi connectivity index (χ1) is 12.1. The number of nitrogens with one attached hydrogen (secondary N) is 1. The molecular weight excluding hydrogens is 390 g/mol. The fourth-order valence-corrected chi connectivity index (χ4v) is 3.07. The SMILES string of the molecule is Cc1cc(Cl)ccc1NC(=O)c1c(C)nc2c(Cl)cc(C(F)(F)F)cn12. The lowest BCUT2D eigenvalue weighted by molar-refractivity contribution is -0.137. The number of fused-ring (bicyclic) bond motifs is 1. The van der Waals surface area contributed by atoms with Gasteiger partial charge in [-0.05, 0) is 43.7 Å². The molecule has 0 unspecified atom stereocenters. The minimum Gasteiger partial charge on any atom is -0.320 e. The van der Waals surface area contributed by atoms with E-state index in [2.05, 4.69) is 10.3 Å². The van der Waals surface area contributed by atoms with E-state index in [1.807, 2.05) is 0 Å². The number of anilines is 1. The lowest BCUT2D eigenvalue weighted by Gasteiger charge is -2.11. The number of hydrogen-bond donors (Lipinski definition) is 1. The zero-order chi connectivity index (χ0) is 19.2. The third kappa shape index (κ3) is 3.37. The number of amides is 1. The summed E-state index contributed by atoms with van der Waals surface area (Å²) in [5.41, 5.74) is 0.551. The van der Waals surface area contributed by atoms with Crippen molar-refractivity contribution in [1.29, 1.82) is 0 Å². The third-order valence-electron chi connectivity index (χ3n) is 3.83. The highest BCUT2D eigenvalue weighted by Crippen LogP contribution is 2.33. The minimum absolute atomic E-state index is 0.0256. The van der Waals surface area contributed by atoms with Crippen LogP contribution in [-0.4, -0.2) is 15.3 Å². The molecule has 1 aromatic carbocycles. The molecule has 0 aliphatic rings. The van der Waals surface area contributed by atoms with Gasteiger partial charge in [0.05, 0.1) is 16.3 Å². The van der Waals surface area contributed by atoms with E-state index in [0.29, 0.717) is 16.3 Å². The molecule has 0 atom stereocenters. The number of carbonyl (C=O) groups is 1. The van der Waals surface area contributed by atoms with Gasteiger partial charge in [-0.15, -0.1) is 0 Å². The van der Waals surface area contributed by atoms with Crippen LogP contribution in [0.15, 0.2) is 30.5 Å². The molecule has 0 aliphatic carbocycles. The molecule has 4 nitrogen and oxygen atoms in total. The van der Waals surface area contributed by atoms with Gasteiger partial charge in [0.2, 0.25) is 0 Å². The number of hydrogen-bond acceptors (Lipinski definition) is 2. The van der Waals surface area contributed by atoms with Crippen molar-refractivity contribution in [2.45, 2.75) is 20.0 Å². The maximum absolute atomic E-state index is 13.1. The van der Waals surface area contributed by atoms with Crippen LogP contribution in [0.5, 0.6) is 0 Å². The molecule has 0 bridgehead atoms. The average molecular weight is 402 g/mol. The molecule has 3 aromatic rings. The Hall–Kier alpha value is -2.25. The zero-order valence-corrected chi connectivity index (χ0v) is 15.1. The summed E-state index contributed by atoms with van der Waals surface area (Å²) in [6.45, 7) is 3.28. The first kappa shape index (κ1) is 18.5. The zero-order valence-electron chi connectivity index (χ0n) is 13.6. The highest BCUT2D eigenvalue weighted by atomic mass is 35.5. The number of rotatable bonds is 2. The molecule has 2 heterocycles. The smallest absolute Gasteiger partial charge is 0.320 e. The van der Waals surface area contributed by atoms with Crippen molar-refractivity contribution in [1.82, 2.24) is 9.38 Å². The molecule has 0 radical (unpaired) electrons. The Morgan fingerprint density at radius 2 is 1.88 bits per heavy atom. The molecule has 9 heteroatoms. The van der Waals surface area contributed by atoms with Crippen molar-refractivity contribution in [3.8, 4) is 0 Å². The van der Waals surface area contributed by atoms with E-state index in [4.69, 9.17) is 23.2 Å². The molecule has 1 amide bonds. The van der Waals surface area contributed by atoms with Gasteiger partial charge in [0.15, 0.2) is 5.65 Å². The molecular formula is C17H12Cl2F3N3O. The van der Waals surface area contributed by atoms with Gasteiger partial charge in [-0.25, -0.2) is 4.98 Å². The average Bonchev–Trinajstić information content (AvgIpc) is 2.86. The molecule has 1 N–H and O–H groups in total. The molecule has 0 spiro atoms. The standard InChI is InChI=1S/C17H12Cl2F3N3O/c1-8-5-11(18)3-4-13(8)24-16(26)14-9(2)23-15-12(19)6-10(7-25(14)15)17(20,21)22/h3-7H,1-2H3,(H,24,26). The number of nitrogens with zero attached hydrogens (tertiary/aromatic N) is 2. The second-order valence-corrected chi connectivity index (χ2v) is 6.57. The third-order valence-corrected chi connectivity index (χ3v) is 4.34. The summed E-state index contributed by atoms with van der Waals surface area (Å²) in [7, 11) is 0. The Labute approximate surface area is 156 Å². The quantitative estimate of drug-likeness (QED) is 0.613. The fourth-order valence-electron chi connectivity index (χ4n) is 2.60. The van der Waals surface area contributed by atoms with E-state index in [-0.39, 0.29) is 22.1 Å². The van der Waals surface area contributed by atoms with Crippen LogP contribution in [0.25, 0.3) is 5.65 Å². The summed E-state index contributed by atoms with van der Waals surface area (Å²) in [4.78, 5) is 16.8. The predicted octanol–water partition coefficient (Wildman–Crippen LogP) is 5.53. The highest BCUT2D eigenvalue weighted by Gasteiger charge is 2.33. The summed E-state index contributed by atoms with van der Waals surface area (Å²) >= 11 is 11.8. The van der Waals surface area contributed by atoms with Crippen LogP contribution in [0.2, 0.25) is 10.0 Å². The maximum Gasteiger partial charge on any atom is 0.417 e. The number of imidazole rings is 1. The number of carbonyl (C=O) groups excluding carboxylic acids is 1. The first-order valence-electron chi connectivity index (χ1n) is 7.41. The van der Waals surface area contributed by atoms with Gasteiger partial charge < -0.3 is 5.32 Å². The van der Waals surface area contributed by atoms with Crippen LogP contribution in [-0.2, 0) is 6.18 Å². The van der Waals surface area contributed by atoms with Crippen LogP contribution >= 0.6 is 23.2 Å². The number of alkyl halides is 3. The lowest BCUT2D eigenvalue weighted by Crippen LogP contribution is -2.17. The summed E-state index contributed by atoms with van der Waals surface area (Å²) in [5, 5.41) is 2.99. The molecule has 2 aromatic heterocycles. The number of pyridine rings is 1. The van der Waals surface area contributed by atoms with Crippen molar-refractivity contribution in [2.75, 3.05) is 5.32 Å². The van der Waals surface area contributed by atoms with Crippen LogP contribution < -0.4 is 5.32 Å². The number of benzene rings is 1. The van der Waals surface area contributed by atoms with Gasteiger partial charge in [0.25, 0.3) is 5.91 Å². The molecule has 0 saturated heterocycles. The highest BCUT2D eigenvalue weighted by molar-refractivity contribution is 6.33. The maximum atomic E-state index is 13.1. The molecule has 26 heavy (non-hydrogen) atoms. The monoisotopic (exact) mass is 401 g/mol. The van der Waals surface area contributed by atoms with Crippen molar-refractivity contribution >= 4 is 40.4 Å². The Kier molecular flexibility index (Phi) is 4.62. The Morgan fingerprint density at radius 1 is 1.19 bits per heavy atom. The van der Waals surface area contributed by atoms with Crippen LogP contribution in [0.3, 0.4) is 0 Å². The van der Waals surface area contributed by atoms with Gasteiger partial charge in [0.1, 0.15) is 5.69 Å². The first-order valence-corrected chi connectivity index (χ1v) is 8.16. The summed E-state index contributed by atoms with van der Waals surface area (Å²) < 4.78 is 40.3. The van der Waals surface area contributed by atoms with Crippen molar-refractivity contribution < 1.29 is 18.0 Å². The Balaban J connectivity index is 2.10. The van der Waals surface area contributed by atoms with Gasteiger partial charge in [0, 0.05) is 16.9 Å². The van der Waals surface area contributed by atoms with E-state index < -0.39 is 17.6 Å². The van der Waals surface area contributed by atoms with E-state index in [1.54, 1.807) is 25.1 Å². The summed E-state index contributed by atoms with van der Waals surface area (Å²) in [5.74, 6) is -0.601. The largest absolute Gasteiger partial charge is 0.417 e. The summed E-state index contributed by atoms with van der Waals surface area (Å²) in [6.07, 6.45) is -3.79. The van der Waals surface area contributed by atoms with Gasteiger partial charge in [-0.3, -0.25) is 9.20 Å². The van der Waals surface area contributed by atoms with E-state index in [0.717, 1.165) is 16.7 Å². The van der Waals surface area contributed by atoms with Gasteiger partial charge >= 0.3 is 6.18 Å². The van der Waals surface area contributed by atoms with Crippen LogP contribution in [0, 0.1) is 13.8 Å². The molecule has 0 fully saturated rings. The molecule has 0 aliphatic heterocycles. The summed E-state index contributed by atoms with van der Waals surface area (Å²) in [6, 6.07) is 5.66. The van der Waals surface area contributed by atoms with E-state index >= 15 is 0 Å². The van der Waals surface area contributed by atoms with Gasteiger partial charge in [-0.1, -0.05) is 23.2 Å². The molecule has 0 saturated carbocycles. The predicted molar refractivity (Wildman–Crippen MR) is 94.1 cm³/mol. The van der Waals surface area contributed by atoms with E-state index in [1.165, 1.54) is 6.92 Å². The number of aromatic nitrogens is 2. The Morgan fingerprint density at radius 3 is 2.50 bits per heavy atom. The van der Waals surface area contributed by atoms with E-state index in [9.17, 15) is 18.0 Å². The second-order valence-electron chi connectivity index (χ2n) is 5.73. The van der Waals surface area contributed by atoms with Gasteiger partial charge in [-0.2, -0.15) is 13.2 Å². The van der Waals surface area contributed by atoms with Crippen LogP contribution in [0.4, 0.5) is 18.9 Å².